The van der Waals surface area contributed by atoms with Crippen LogP contribution in [-0.4, -0.2) is 42.8 Å². The van der Waals surface area contributed by atoms with E-state index in [1.54, 1.807) is 0 Å². The molecule has 1 saturated heterocycles. The van der Waals surface area contributed by atoms with Crippen LogP contribution in [0.15, 0.2) is 28.7 Å². The van der Waals surface area contributed by atoms with Crippen molar-refractivity contribution in [3.05, 3.63) is 34.3 Å². The standard InChI is InChI=1S/C19H29BrN2O2/c1-19(2,3)24-18(23)22-11-5-7-16(14-22)13-21-10-9-15-6-4-8-17(20)12-15/h4,6,8,12,16,21H,5,7,9-11,13-14H2,1-3H3/t16-/m0/s1. The van der Waals surface area contributed by atoms with E-state index >= 15 is 0 Å². The van der Waals surface area contributed by atoms with Gasteiger partial charge in [0.25, 0.3) is 0 Å². The van der Waals surface area contributed by atoms with Crippen molar-refractivity contribution >= 4 is 22.0 Å². The van der Waals surface area contributed by atoms with E-state index in [9.17, 15) is 4.79 Å². The van der Waals surface area contributed by atoms with Crippen LogP contribution in [0.4, 0.5) is 4.79 Å². The van der Waals surface area contributed by atoms with Crippen LogP contribution in [0.2, 0.25) is 0 Å². The van der Waals surface area contributed by atoms with Crippen molar-refractivity contribution in [2.45, 2.75) is 45.6 Å². The molecule has 1 atom stereocenters. The van der Waals surface area contributed by atoms with Gasteiger partial charge in [-0.1, -0.05) is 28.1 Å². The number of halogens is 1. The summed E-state index contributed by atoms with van der Waals surface area (Å²) in [5.41, 5.74) is 0.905. The van der Waals surface area contributed by atoms with Crippen molar-refractivity contribution in [2.75, 3.05) is 26.2 Å². The molecule has 1 heterocycles. The van der Waals surface area contributed by atoms with Crippen molar-refractivity contribution < 1.29 is 9.53 Å². The molecule has 0 aliphatic carbocycles. The molecule has 1 aliphatic heterocycles. The highest BCUT2D eigenvalue weighted by atomic mass is 79.9. The molecule has 0 spiro atoms. The Labute approximate surface area is 154 Å². The Bertz CT molecular complexity index is 542. The molecule has 0 saturated carbocycles. The smallest absolute Gasteiger partial charge is 0.410 e. The molecule has 1 amide bonds. The summed E-state index contributed by atoms with van der Waals surface area (Å²) in [6.07, 6.45) is 3.06. The summed E-state index contributed by atoms with van der Waals surface area (Å²) in [6, 6.07) is 8.42. The Kier molecular flexibility index (Phi) is 7.11. The minimum absolute atomic E-state index is 0.179. The van der Waals surface area contributed by atoms with E-state index in [1.165, 1.54) is 12.0 Å². The van der Waals surface area contributed by atoms with E-state index in [0.29, 0.717) is 5.92 Å². The first-order valence-corrected chi connectivity index (χ1v) is 9.56. The number of carbonyl (C=O) groups excluding carboxylic acids is 1. The summed E-state index contributed by atoms with van der Waals surface area (Å²) in [4.78, 5) is 14.0. The van der Waals surface area contributed by atoms with E-state index in [4.69, 9.17) is 4.74 Å². The van der Waals surface area contributed by atoms with Crippen LogP contribution >= 0.6 is 15.9 Å². The molecule has 0 bridgehead atoms. The Hall–Kier alpha value is -1.07. The number of amides is 1. The third-order valence-electron chi connectivity index (χ3n) is 4.08. The monoisotopic (exact) mass is 396 g/mol. The highest BCUT2D eigenvalue weighted by Gasteiger charge is 2.27. The van der Waals surface area contributed by atoms with Crippen LogP contribution in [0.1, 0.15) is 39.2 Å². The Morgan fingerprint density at radius 3 is 2.92 bits per heavy atom. The molecule has 1 aromatic rings. The van der Waals surface area contributed by atoms with Gasteiger partial charge in [0.05, 0.1) is 0 Å². The Morgan fingerprint density at radius 2 is 2.21 bits per heavy atom. The number of piperidine rings is 1. The van der Waals surface area contributed by atoms with Gasteiger partial charge in [-0.15, -0.1) is 0 Å². The van der Waals surface area contributed by atoms with Gasteiger partial charge in [0, 0.05) is 17.6 Å². The zero-order chi connectivity index (χ0) is 17.6. The van der Waals surface area contributed by atoms with E-state index in [2.05, 4.69) is 39.4 Å². The lowest BCUT2D eigenvalue weighted by Gasteiger charge is -2.34. The van der Waals surface area contributed by atoms with Gasteiger partial charge in [-0.25, -0.2) is 4.79 Å². The second kappa shape index (κ2) is 8.86. The highest BCUT2D eigenvalue weighted by Crippen LogP contribution is 2.19. The van der Waals surface area contributed by atoms with Crippen molar-refractivity contribution in [2.24, 2.45) is 5.92 Å². The maximum Gasteiger partial charge on any atom is 0.410 e. The van der Waals surface area contributed by atoms with Crippen molar-refractivity contribution in [3.8, 4) is 0 Å². The minimum Gasteiger partial charge on any atom is -0.444 e. The Morgan fingerprint density at radius 1 is 1.42 bits per heavy atom. The van der Waals surface area contributed by atoms with E-state index < -0.39 is 5.60 Å². The van der Waals surface area contributed by atoms with Crippen LogP contribution in [0, 0.1) is 5.92 Å². The third-order valence-corrected chi connectivity index (χ3v) is 4.58. The van der Waals surface area contributed by atoms with Crippen molar-refractivity contribution in [1.82, 2.24) is 10.2 Å². The number of rotatable bonds is 5. The molecule has 1 aliphatic rings. The molecule has 2 rings (SSSR count). The van der Waals surface area contributed by atoms with Gasteiger partial charge < -0.3 is 15.0 Å². The lowest BCUT2D eigenvalue weighted by molar-refractivity contribution is 0.0166. The third kappa shape index (κ3) is 6.81. The predicted molar refractivity (Wildman–Crippen MR) is 101 cm³/mol. The zero-order valence-electron chi connectivity index (χ0n) is 15.0. The highest BCUT2D eigenvalue weighted by molar-refractivity contribution is 9.10. The number of ether oxygens (including phenoxy) is 1. The SMILES string of the molecule is CC(C)(C)OC(=O)N1CCC[C@@H](CNCCc2cccc(Br)c2)C1. The number of nitrogens with one attached hydrogen (secondary N) is 1. The molecule has 24 heavy (non-hydrogen) atoms. The first kappa shape index (κ1) is 19.3. The summed E-state index contributed by atoms with van der Waals surface area (Å²) >= 11 is 3.50. The molecule has 4 nitrogen and oxygen atoms in total. The fourth-order valence-electron chi connectivity index (χ4n) is 2.96. The number of likely N-dealkylation sites (tertiary alicyclic amines) is 1. The first-order valence-electron chi connectivity index (χ1n) is 8.76. The van der Waals surface area contributed by atoms with E-state index in [-0.39, 0.29) is 6.09 Å². The summed E-state index contributed by atoms with van der Waals surface area (Å²) in [7, 11) is 0. The van der Waals surface area contributed by atoms with Gasteiger partial charge in [-0.2, -0.15) is 0 Å². The summed E-state index contributed by atoms with van der Waals surface area (Å²) < 4.78 is 6.61. The lowest BCUT2D eigenvalue weighted by atomic mass is 9.98. The maximum atomic E-state index is 12.2. The zero-order valence-corrected chi connectivity index (χ0v) is 16.6. The van der Waals surface area contributed by atoms with Crippen LogP contribution in [0.5, 0.6) is 0 Å². The van der Waals surface area contributed by atoms with Crippen LogP contribution in [0.25, 0.3) is 0 Å². The molecule has 1 N–H and O–H groups in total. The van der Waals surface area contributed by atoms with Crippen LogP contribution in [-0.2, 0) is 11.2 Å². The number of carbonyl (C=O) groups is 1. The molecular formula is C19H29BrN2O2. The van der Waals surface area contributed by atoms with Crippen molar-refractivity contribution in [3.63, 3.8) is 0 Å². The number of hydrogen-bond acceptors (Lipinski definition) is 3. The van der Waals surface area contributed by atoms with Gasteiger partial charge in [0.1, 0.15) is 5.60 Å². The minimum atomic E-state index is -0.424. The second-order valence-corrected chi connectivity index (χ2v) is 8.43. The van der Waals surface area contributed by atoms with Gasteiger partial charge >= 0.3 is 6.09 Å². The molecular weight excluding hydrogens is 368 g/mol. The molecule has 5 heteroatoms. The second-order valence-electron chi connectivity index (χ2n) is 7.52. The van der Waals surface area contributed by atoms with Gasteiger partial charge in [0.2, 0.25) is 0 Å². The largest absolute Gasteiger partial charge is 0.444 e. The van der Waals surface area contributed by atoms with Gasteiger partial charge in [0.15, 0.2) is 0 Å². The maximum absolute atomic E-state index is 12.2. The fraction of sp³-hybridized carbons (Fsp3) is 0.632. The normalized spacial score (nSPS) is 18.5. The van der Waals surface area contributed by atoms with Crippen molar-refractivity contribution in [1.29, 1.82) is 0 Å². The van der Waals surface area contributed by atoms with Crippen LogP contribution in [0.3, 0.4) is 0 Å². The van der Waals surface area contributed by atoms with E-state index in [0.717, 1.165) is 43.5 Å². The molecule has 0 radical (unpaired) electrons. The summed E-state index contributed by atoms with van der Waals surface area (Å²) in [5.74, 6) is 0.508. The van der Waals surface area contributed by atoms with Gasteiger partial charge in [-0.3, -0.25) is 0 Å². The fourth-order valence-corrected chi connectivity index (χ4v) is 3.40. The summed E-state index contributed by atoms with van der Waals surface area (Å²) in [5, 5.41) is 3.54. The molecule has 1 fully saturated rings. The number of hydrogen-bond donors (Lipinski definition) is 1. The predicted octanol–water partition coefficient (Wildman–Crippen LogP) is 4.23. The number of nitrogens with zero attached hydrogens (tertiary/aromatic N) is 1. The first-order chi connectivity index (χ1) is 11.3. The Balaban J connectivity index is 1.70. The number of benzene rings is 1. The molecule has 134 valence electrons. The van der Waals surface area contributed by atoms with Crippen LogP contribution < -0.4 is 5.32 Å². The molecule has 0 aromatic heterocycles. The quantitative estimate of drug-likeness (QED) is 0.757. The average Bonchev–Trinajstić information content (AvgIpc) is 2.50. The average molecular weight is 397 g/mol. The van der Waals surface area contributed by atoms with Gasteiger partial charge in [-0.05, 0) is 76.7 Å². The van der Waals surface area contributed by atoms with E-state index in [1.807, 2.05) is 31.7 Å². The molecule has 1 aromatic carbocycles. The summed E-state index contributed by atoms with van der Waals surface area (Å²) in [6.45, 7) is 9.25. The lowest BCUT2D eigenvalue weighted by Crippen LogP contribution is -2.45. The topological polar surface area (TPSA) is 41.6 Å². The molecule has 0 unspecified atom stereocenters.